The molecule has 0 saturated carbocycles. The molecule has 1 aromatic rings. The third kappa shape index (κ3) is 8.05. The Morgan fingerprint density at radius 3 is 2.71 bits per heavy atom. The van der Waals surface area contributed by atoms with Gasteiger partial charge in [-0.2, -0.15) is 0 Å². The summed E-state index contributed by atoms with van der Waals surface area (Å²) in [5.74, 6) is 0.955. The highest BCUT2D eigenvalue weighted by Crippen LogP contribution is 2.16. The highest BCUT2D eigenvalue weighted by Gasteiger charge is 2.08. The minimum absolute atomic E-state index is 0.321. The van der Waals surface area contributed by atoms with Gasteiger partial charge in [0.2, 0.25) is 0 Å². The molecule has 0 radical (unpaired) electrons. The zero-order valence-electron chi connectivity index (χ0n) is 13.5. The Labute approximate surface area is 128 Å². The third-order valence-electron chi connectivity index (χ3n) is 3.36. The lowest BCUT2D eigenvalue weighted by molar-refractivity contribution is 0.0683. The van der Waals surface area contributed by atoms with Crippen molar-refractivity contribution in [2.45, 2.75) is 32.8 Å². The average molecular weight is 295 g/mol. The molecule has 0 aromatic heterocycles. The zero-order chi connectivity index (χ0) is 15.5. The minimum atomic E-state index is -0.321. The lowest BCUT2D eigenvalue weighted by Crippen LogP contribution is -2.31. The van der Waals surface area contributed by atoms with E-state index in [-0.39, 0.29) is 6.10 Å². The molecule has 0 spiro atoms. The first kappa shape index (κ1) is 18.0. The predicted molar refractivity (Wildman–Crippen MR) is 85.9 cm³/mol. The summed E-state index contributed by atoms with van der Waals surface area (Å²) in [5, 5.41) is 9.86. The highest BCUT2D eigenvalue weighted by molar-refractivity contribution is 5.31. The summed E-state index contributed by atoms with van der Waals surface area (Å²) in [6, 6.07) is 8.05. The number of hydrogen-bond acceptors (Lipinski definition) is 4. The lowest BCUT2D eigenvalue weighted by atomic mass is 10.2. The van der Waals surface area contributed by atoms with Gasteiger partial charge in [-0.3, -0.25) is 0 Å². The van der Waals surface area contributed by atoms with E-state index in [1.807, 2.05) is 32.2 Å². The monoisotopic (exact) mass is 295 g/mol. The molecule has 0 heterocycles. The summed E-state index contributed by atoms with van der Waals surface area (Å²) in [6.07, 6.45) is 1.32. The van der Waals surface area contributed by atoms with E-state index in [1.165, 1.54) is 0 Å². The molecule has 0 unspecified atom stereocenters. The molecule has 0 saturated heterocycles. The van der Waals surface area contributed by atoms with Crippen LogP contribution in [0.1, 0.15) is 25.3 Å². The van der Waals surface area contributed by atoms with Crippen LogP contribution in [-0.4, -0.2) is 56.1 Å². The number of ether oxygens (including phenoxy) is 2. The van der Waals surface area contributed by atoms with Gasteiger partial charge in [0, 0.05) is 26.3 Å². The molecule has 21 heavy (non-hydrogen) atoms. The first-order valence-electron chi connectivity index (χ1n) is 7.76. The molecule has 0 aliphatic rings. The second-order valence-electron chi connectivity index (χ2n) is 5.37. The maximum atomic E-state index is 9.86. The summed E-state index contributed by atoms with van der Waals surface area (Å²) in [7, 11) is 2.03. The van der Waals surface area contributed by atoms with Crippen molar-refractivity contribution >= 4 is 0 Å². The number of hydrogen-bond donors (Lipinski definition) is 1. The maximum Gasteiger partial charge on any atom is 0.122 e. The van der Waals surface area contributed by atoms with Gasteiger partial charge in [0.15, 0.2) is 0 Å². The molecule has 4 heteroatoms. The molecule has 0 fully saturated rings. The number of benzene rings is 1. The van der Waals surface area contributed by atoms with Crippen LogP contribution < -0.4 is 4.74 Å². The van der Waals surface area contributed by atoms with E-state index in [0.717, 1.165) is 24.3 Å². The Morgan fingerprint density at radius 2 is 2.00 bits per heavy atom. The van der Waals surface area contributed by atoms with E-state index in [4.69, 9.17) is 9.47 Å². The van der Waals surface area contributed by atoms with E-state index in [2.05, 4.69) is 17.9 Å². The number of likely N-dealkylation sites (N-methyl/N-ethyl adjacent to an activating group) is 1. The van der Waals surface area contributed by atoms with Crippen LogP contribution in [0.4, 0.5) is 0 Å². The summed E-state index contributed by atoms with van der Waals surface area (Å²) >= 11 is 0. The Balaban J connectivity index is 2.10. The van der Waals surface area contributed by atoms with Crippen molar-refractivity contribution in [3.05, 3.63) is 29.8 Å². The Bertz CT molecular complexity index is 384. The van der Waals surface area contributed by atoms with Crippen molar-refractivity contribution in [3.8, 4) is 5.75 Å². The Hall–Kier alpha value is -1.10. The van der Waals surface area contributed by atoms with Crippen LogP contribution in [0.15, 0.2) is 24.3 Å². The van der Waals surface area contributed by atoms with Gasteiger partial charge < -0.3 is 19.5 Å². The van der Waals surface area contributed by atoms with Crippen molar-refractivity contribution in [1.82, 2.24) is 4.90 Å². The van der Waals surface area contributed by atoms with Crippen molar-refractivity contribution < 1.29 is 14.6 Å². The van der Waals surface area contributed by atoms with Crippen molar-refractivity contribution in [1.29, 1.82) is 0 Å². The van der Waals surface area contributed by atoms with E-state index in [0.29, 0.717) is 32.8 Å². The molecule has 1 rings (SSSR count). The minimum Gasteiger partial charge on any atom is -0.493 e. The third-order valence-corrected chi connectivity index (χ3v) is 3.36. The normalized spacial score (nSPS) is 12.6. The summed E-state index contributed by atoms with van der Waals surface area (Å²) < 4.78 is 11.0. The molecule has 0 bridgehead atoms. The van der Waals surface area contributed by atoms with Crippen LogP contribution in [0.5, 0.6) is 5.75 Å². The van der Waals surface area contributed by atoms with Gasteiger partial charge in [-0.05, 0) is 45.4 Å². The van der Waals surface area contributed by atoms with E-state index < -0.39 is 0 Å². The number of aliphatic hydroxyl groups excluding tert-OH is 1. The summed E-state index contributed by atoms with van der Waals surface area (Å²) in [4.78, 5) is 2.14. The van der Waals surface area contributed by atoms with Crippen LogP contribution in [-0.2, 0) is 4.74 Å². The van der Waals surface area contributed by atoms with Gasteiger partial charge >= 0.3 is 0 Å². The zero-order valence-corrected chi connectivity index (χ0v) is 13.5. The largest absolute Gasteiger partial charge is 0.493 e. The summed E-state index contributed by atoms with van der Waals surface area (Å²) in [5.41, 5.74) is 1.16. The van der Waals surface area contributed by atoms with Gasteiger partial charge in [0.25, 0.3) is 0 Å². The molecule has 1 atom stereocenters. The molecular formula is C17H29NO3. The van der Waals surface area contributed by atoms with Crippen molar-refractivity contribution in [3.63, 3.8) is 0 Å². The average Bonchev–Trinajstić information content (AvgIpc) is 2.45. The second kappa shape index (κ2) is 10.6. The SMILES string of the molecule is CCOCC[C@H](O)CN(C)CCCOc1ccccc1C. The van der Waals surface area contributed by atoms with E-state index in [9.17, 15) is 5.11 Å². The van der Waals surface area contributed by atoms with E-state index >= 15 is 0 Å². The number of aliphatic hydroxyl groups is 1. The second-order valence-corrected chi connectivity index (χ2v) is 5.37. The number of nitrogens with zero attached hydrogens (tertiary/aromatic N) is 1. The van der Waals surface area contributed by atoms with Crippen molar-refractivity contribution in [2.75, 3.05) is 40.0 Å². The smallest absolute Gasteiger partial charge is 0.122 e. The van der Waals surface area contributed by atoms with E-state index in [1.54, 1.807) is 0 Å². The molecule has 120 valence electrons. The van der Waals surface area contributed by atoms with Crippen LogP contribution in [0, 0.1) is 6.92 Å². The lowest BCUT2D eigenvalue weighted by Gasteiger charge is -2.20. The van der Waals surface area contributed by atoms with Crippen LogP contribution in [0.25, 0.3) is 0 Å². The molecular weight excluding hydrogens is 266 g/mol. The number of para-hydroxylation sites is 1. The van der Waals surface area contributed by atoms with Gasteiger partial charge in [-0.25, -0.2) is 0 Å². The molecule has 1 aromatic carbocycles. The molecule has 0 aliphatic carbocycles. The molecule has 0 aliphatic heterocycles. The number of rotatable bonds is 11. The first-order valence-corrected chi connectivity index (χ1v) is 7.76. The standard InChI is InChI=1S/C17H29NO3/c1-4-20-13-10-16(19)14-18(3)11-7-12-21-17-9-6-5-8-15(17)2/h5-6,8-9,16,19H,4,7,10-14H2,1-3H3/t16-/m0/s1. The molecule has 1 N–H and O–H groups in total. The van der Waals surface area contributed by atoms with Crippen LogP contribution in [0.2, 0.25) is 0 Å². The molecule has 0 amide bonds. The van der Waals surface area contributed by atoms with Gasteiger partial charge in [0.05, 0.1) is 12.7 Å². The highest BCUT2D eigenvalue weighted by atomic mass is 16.5. The maximum absolute atomic E-state index is 9.86. The fourth-order valence-electron chi connectivity index (χ4n) is 2.14. The Kier molecular flexibility index (Phi) is 9.06. The van der Waals surface area contributed by atoms with Crippen LogP contribution >= 0.6 is 0 Å². The first-order chi connectivity index (χ1) is 10.1. The van der Waals surface area contributed by atoms with Crippen molar-refractivity contribution in [2.24, 2.45) is 0 Å². The van der Waals surface area contributed by atoms with Gasteiger partial charge in [0.1, 0.15) is 5.75 Å². The quantitative estimate of drug-likeness (QED) is 0.637. The Morgan fingerprint density at radius 1 is 1.24 bits per heavy atom. The van der Waals surface area contributed by atoms with Crippen LogP contribution in [0.3, 0.4) is 0 Å². The van der Waals surface area contributed by atoms with Gasteiger partial charge in [-0.1, -0.05) is 18.2 Å². The topological polar surface area (TPSA) is 41.9 Å². The fraction of sp³-hybridized carbons (Fsp3) is 0.647. The predicted octanol–water partition coefficient (Wildman–Crippen LogP) is 2.48. The fourth-order valence-corrected chi connectivity index (χ4v) is 2.14. The summed E-state index contributed by atoms with van der Waals surface area (Å²) in [6.45, 7) is 7.64. The van der Waals surface area contributed by atoms with Gasteiger partial charge in [-0.15, -0.1) is 0 Å². The number of aryl methyl sites for hydroxylation is 1. The molecule has 4 nitrogen and oxygen atoms in total.